The molecule has 2 aromatic heterocycles. The second-order valence-corrected chi connectivity index (χ2v) is 6.10. The fraction of sp³-hybridized carbons (Fsp3) is 0.353. The van der Waals surface area contributed by atoms with Crippen molar-refractivity contribution < 1.29 is 17.7 Å². The molecule has 1 aliphatic carbocycles. The molecule has 8 heteroatoms. The van der Waals surface area contributed by atoms with Crippen LogP contribution in [0.5, 0.6) is 0 Å². The van der Waals surface area contributed by atoms with E-state index in [1.807, 2.05) is 35.0 Å². The number of alkyl halides is 3. The summed E-state index contributed by atoms with van der Waals surface area (Å²) in [4.78, 5) is 4.13. The SMILES string of the molecule is FC(F)(F)CCc1noc(-c2cnn(-c3ccccc3)c2C2CC2)n1. The molecule has 0 saturated heterocycles. The van der Waals surface area contributed by atoms with Crippen molar-refractivity contribution in [1.29, 1.82) is 0 Å². The Morgan fingerprint density at radius 2 is 1.92 bits per heavy atom. The van der Waals surface area contributed by atoms with Crippen LogP contribution in [0.2, 0.25) is 0 Å². The van der Waals surface area contributed by atoms with Crippen molar-refractivity contribution in [2.45, 2.75) is 37.8 Å². The minimum absolute atomic E-state index is 0.0570. The van der Waals surface area contributed by atoms with Gasteiger partial charge in [-0.1, -0.05) is 23.4 Å². The van der Waals surface area contributed by atoms with Crippen LogP contribution in [0.1, 0.15) is 36.7 Å². The molecule has 0 amide bonds. The van der Waals surface area contributed by atoms with Crippen LogP contribution in [0, 0.1) is 0 Å². The molecule has 130 valence electrons. The summed E-state index contributed by atoms with van der Waals surface area (Å²) in [6, 6.07) is 9.68. The fourth-order valence-electron chi connectivity index (χ4n) is 2.77. The third-order valence-electron chi connectivity index (χ3n) is 4.10. The van der Waals surface area contributed by atoms with Crippen LogP contribution in [0.25, 0.3) is 17.1 Å². The Balaban J connectivity index is 1.65. The van der Waals surface area contributed by atoms with Crippen molar-refractivity contribution in [2.24, 2.45) is 0 Å². The van der Waals surface area contributed by atoms with Crippen LogP contribution in [0.4, 0.5) is 13.2 Å². The second-order valence-electron chi connectivity index (χ2n) is 6.10. The number of hydrogen-bond acceptors (Lipinski definition) is 4. The number of rotatable bonds is 5. The van der Waals surface area contributed by atoms with Crippen molar-refractivity contribution >= 4 is 0 Å². The molecule has 0 bridgehead atoms. The van der Waals surface area contributed by atoms with E-state index in [0.717, 1.165) is 24.2 Å². The van der Waals surface area contributed by atoms with Gasteiger partial charge in [-0.15, -0.1) is 0 Å². The van der Waals surface area contributed by atoms with E-state index in [1.165, 1.54) is 0 Å². The molecule has 5 nitrogen and oxygen atoms in total. The van der Waals surface area contributed by atoms with E-state index in [-0.39, 0.29) is 18.1 Å². The molecule has 0 spiro atoms. The van der Waals surface area contributed by atoms with E-state index in [1.54, 1.807) is 6.20 Å². The van der Waals surface area contributed by atoms with Crippen LogP contribution < -0.4 is 0 Å². The van der Waals surface area contributed by atoms with Gasteiger partial charge in [0.15, 0.2) is 5.82 Å². The molecular weight excluding hydrogens is 333 g/mol. The van der Waals surface area contributed by atoms with Gasteiger partial charge in [0.2, 0.25) is 0 Å². The first-order valence-corrected chi connectivity index (χ1v) is 8.04. The first-order valence-electron chi connectivity index (χ1n) is 8.04. The number of aromatic nitrogens is 4. The predicted octanol–water partition coefficient (Wildman–Crippen LogP) is 4.29. The highest BCUT2D eigenvalue weighted by Gasteiger charge is 2.33. The van der Waals surface area contributed by atoms with Crippen LogP contribution in [0.15, 0.2) is 41.1 Å². The number of halogens is 3. The van der Waals surface area contributed by atoms with Crippen molar-refractivity contribution in [3.05, 3.63) is 48.0 Å². The van der Waals surface area contributed by atoms with Gasteiger partial charge < -0.3 is 4.52 Å². The summed E-state index contributed by atoms with van der Waals surface area (Å²) in [5, 5.41) is 8.10. The average molecular weight is 348 g/mol. The molecule has 0 radical (unpaired) electrons. The first-order chi connectivity index (χ1) is 12.0. The van der Waals surface area contributed by atoms with E-state index in [4.69, 9.17) is 4.52 Å². The first kappa shape index (κ1) is 15.9. The van der Waals surface area contributed by atoms with Gasteiger partial charge in [0.05, 0.1) is 29.6 Å². The monoisotopic (exact) mass is 348 g/mol. The van der Waals surface area contributed by atoms with Gasteiger partial charge in [-0.25, -0.2) is 4.68 Å². The van der Waals surface area contributed by atoms with Crippen molar-refractivity contribution in [3.8, 4) is 17.1 Å². The van der Waals surface area contributed by atoms with Crippen molar-refractivity contribution in [3.63, 3.8) is 0 Å². The minimum Gasteiger partial charge on any atom is -0.334 e. The molecule has 2 heterocycles. The normalized spacial score (nSPS) is 14.8. The second kappa shape index (κ2) is 6.02. The number of nitrogens with zero attached hydrogens (tertiary/aromatic N) is 4. The molecule has 0 N–H and O–H groups in total. The van der Waals surface area contributed by atoms with Gasteiger partial charge in [0.25, 0.3) is 5.89 Å². The molecule has 1 fully saturated rings. The molecule has 1 aliphatic rings. The van der Waals surface area contributed by atoms with Crippen LogP contribution in [-0.4, -0.2) is 26.1 Å². The van der Waals surface area contributed by atoms with Crippen molar-refractivity contribution in [2.75, 3.05) is 0 Å². The lowest BCUT2D eigenvalue weighted by molar-refractivity contribution is -0.134. The van der Waals surface area contributed by atoms with Gasteiger partial charge in [-0.05, 0) is 25.0 Å². The molecular formula is C17H15F3N4O. The smallest absolute Gasteiger partial charge is 0.334 e. The average Bonchev–Trinajstić information content (AvgIpc) is 3.16. The summed E-state index contributed by atoms with van der Waals surface area (Å²) >= 11 is 0. The Morgan fingerprint density at radius 1 is 1.16 bits per heavy atom. The number of benzene rings is 1. The number of hydrogen-bond donors (Lipinski definition) is 0. The highest BCUT2D eigenvalue weighted by molar-refractivity contribution is 5.59. The maximum atomic E-state index is 12.3. The molecule has 0 atom stereocenters. The molecule has 0 unspecified atom stereocenters. The lowest BCUT2D eigenvalue weighted by Crippen LogP contribution is -2.09. The summed E-state index contributed by atoms with van der Waals surface area (Å²) in [6.45, 7) is 0. The molecule has 1 saturated carbocycles. The molecule has 25 heavy (non-hydrogen) atoms. The standard InChI is InChI=1S/C17H15F3N4O/c18-17(19,20)9-8-14-22-16(25-23-14)13-10-21-24(15(13)11-6-7-11)12-4-2-1-3-5-12/h1-5,10-11H,6-9H2. The lowest BCUT2D eigenvalue weighted by atomic mass is 10.1. The molecule has 1 aromatic carbocycles. The van der Waals surface area contributed by atoms with Crippen LogP contribution >= 0.6 is 0 Å². The Morgan fingerprint density at radius 3 is 2.60 bits per heavy atom. The topological polar surface area (TPSA) is 56.7 Å². The fourth-order valence-corrected chi connectivity index (χ4v) is 2.77. The summed E-state index contributed by atoms with van der Waals surface area (Å²) in [5.41, 5.74) is 2.58. The summed E-state index contributed by atoms with van der Waals surface area (Å²) in [6.07, 6.45) is -1.77. The Bertz CT molecular complexity index is 866. The highest BCUT2D eigenvalue weighted by atomic mass is 19.4. The van der Waals surface area contributed by atoms with Crippen LogP contribution in [0.3, 0.4) is 0 Å². The molecule has 0 aliphatic heterocycles. The zero-order valence-corrected chi connectivity index (χ0v) is 13.2. The van der Waals surface area contributed by atoms with Gasteiger partial charge in [-0.2, -0.15) is 23.3 Å². The summed E-state index contributed by atoms with van der Waals surface area (Å²) in [7, 11) is 0. The van der Waals surface area contributed by atoms with Crippen molar-refractivity contribution in [1.82, 2.24) is 19.9 Å². The predicted molar refractivity (Wildman–Crippen MR) is 83.2 cm³/mol. The Hall–Kier alpha value is -2.64. The van der Waals surface area contributed by atoms with Crippen LogP contribution in [-0.2, 0) is 6.42 Å². The van der Waals surface area contributed by atoms with E-state index >= 15 is 0 Å². The van der Waals surface area contributed by atoms with E-state index in [0.29, 0.717) is 11.5 Å². The third-order valence-corrected chi connectivity index (χ3v) is 4.10. The number of aryl methyl sites for hydroxylation is 1. The van der Waals surface area contributed by atoms with Gasteiger partial charge in [-0.3, -0.25) is 0 Å². The van der Waals surface area contributed by atoms with Gasteiger partial charge in [0.1, 0.15) is 0 Å². The minimum atomic E-state index is -4.24. The van der Waals surface area contributed by atoms with Gasteiger partial charge in [0, 0.05) is 12.3 Å². The zero-order chi connectivity index (χ0) is 17.4. The van der Waals surface area contributed by atoms with E-state index in [2.05, 4.69) is 15.2 Å². The highest BCUT2D eigenvalue weighted by Crippen LogP contribution is 2.45. The molecule has 4 rings (SSSR count). The lowest BCUT2D eigenvalue weighted by Gasteiger charge is -2.07. The van der Waals surface area contributed by atoms with Gasteiger partial charge >= 0.3 is 6.18 Å². The Kier molecular flexibility index (Phi) is 3.82. The Labute approximate surface area is 141 Å². The quantitative estimate of drug-likeness (QED) is 0.690. The number of para-hydroxylation sites is 1. The maximum Gasteiger partial charge on any atom is 0.389 e. The maximum absolute atomic E-state index is 12.3. The zero-order valence-electron chi connectivity index (χ0n) is 13.2. The van der Waals surface area contributed by atoms with E-state index in [9.17, 15) is 13.2 Å². The third kappa shape index (κ3) is 3.42. The largest absolute Gasteiger partial charge is 0.389 e. The molecule has 3 aromatic rings. The summed E-state index contributed by atoms with van der Waals surface area (Å²) < 4.78 is 44.1. The summed E-state index contributed by atoms with van der Waals surface area (Å²) in [5.74, 6) is 0.631. The van der Waals surface area contributed by atoms with E-state index < -0.39 is 12.6 Å².